The SMILES string of the molecule is O=S(=O)(Cc1ccccc1)NCCC1CCN(Cc2ccccc2)CC1. The van der Waals surface area contributed by atoms with Gasteiger partial charge in [0.15, 0.2) is 0 Å². The van der Waals surface area contributed by atoms with Gasteiger partial charge in [0.25, 0.3) is 0 Å². The molecule has 140 valence electrons. The van der Waals surface area contributed by atoms with Gasteiger partial charge < -0.3 is 0 Å². The summed E-state index contributed by atoms with van der Waals surface area (Å²) in [6.45, 7) is 3.74. The Bertz CT molecular complexity index is 755. The van der Waals surface area contributed by atoms with Crippen LogP contribution in [0.15, 0.2) is 60.7 Å². The Morgan fingerprint density at radius 2 is 1.46 bits per heavy atom. The zero-order valence-electron chi connectivity index (χ0n) is 15.2. The first-order valence-electron chi connectivity index (χ1n) is 9.38. The Labute approximate surface area is 157 Å². The van der Waals surface area contributed by atoms with Crippen molar-refractivity contribution in [2.75, 3.05) is 19.6 Å². The number of hydrogen-bond donors (Lipinski definition) is 1. The van der Waals surface area contributed by atoms with Gasteiger partial charge in [-0.25, -0.2) is 13.1 Å². The summed E-state index contributed by atoms with van der Waals surface area (Å²) in [7, 11) is -3.25. The van der Waals surface area contributed by atoms with E-state index in [0.29, 0.717) is 12.5 Å². The molecule has 1 aliphatic rings. The predicted octanol–water partition coefficient (Wildman–Crippen LogP) is 3.41. The molecule has 0 unspecified atom stereocenters. The van der Waals surface area contributed by atoms with Crippen molar-refractivity contribution >= 4 is 10.0 Å². The molecule has 2 aromatic carbocycles. The molecule has 1 heterocycles. The van der Waals surface area contributed by atoms with Crippen molar-refractivity contribution in [3.63, 3.8) is 0 Å². The van der Waals surface area contributed by atoms with Crippen LogP contribution in [0.3, 0.4) is 0 Å². The predicted molar refractivity (Wildman–Crippen MR) is 106 cm³/mol. The Hall–Kier alpha value is -1.69. The average Bonchev–Trinajstić information content (AvgIpc) is 2.64. The van der Waals surface area contributed by atoms with Crippen LogP contribution in [0.4, 0.5) is 0 Å². The zero-order chi connectivity index (χ0) is 18.2. The molecule has 1 saturated heterocycles. The van der Waals surface area contributed by atoms with Crippen molar-refractivity contribution in [1.82, 2.24) is 9.62 Å². The van der Waals surface area contributed by atoms with Gasteiger partial charge in [0.05, 0.1) is 5.75 Å². The molecule has 0 bridgehead atoms. The second-order valence-electron chi connectivity index (χ2n) is 7.13. The lowest BCUT2D eigenvalue weighted by atomic mass is 9.93. The largest absolute Gasteiger partial charge is 0.299 e. The van der Waals surface area contributed by atoms with E-state index in [1.54, 1.807) is 0 Å². The third-order valence-electron chi connectivity index (χ3n) is 5.03. The second kappa shape index (κ2) is 9.31. The number of piperidine rings is 1. The molecule has 0 atom stereocenters. The van der Waals surface area contributed by atoms with Crippen LogP contribution in [0, 0.1) is 5.92 Å². The molecule has 0 spiro atoms. The molecule has 2 aromatic rings. The van der Waals surface area contributed by atoms with Gasteiger partial charge in [-0.2, -0.15) is 0 Å². The van der Waals surface area contributed by atoms with Gasteiger partial charge in [-0.3, -0.25) is 4.90 Å². The maximum atomic E-state index is 12.2. The lowest BCUT2D eigenvalue weighted by Crippen LogP contribution is -2.35. The van der Waals surface area contributed by atoms with Gasteiger partial charge >= 0.3 is 0 Å². The molecule has 0 aromatic heterocycles. The molecule has 0 amide bonds. The Kier molecular flexibility index (Phi) is 6.83. The molecule has 1 aliphatic heterocycles. The molecule has 0 saturated carbocycles. The Morgan fingerprint density at radius 3 is 2.08 bits per heavy atom. The zero-order valence-corrected chi connectivity index (χ0v) is 16.0. The van der Waals surface area contributed by atoms with E-state index in [-0.39, 0.29) is 5.75 Å². The van der Waals surface area contributed by atoms with E-state index >= 15 is 0 Å². The van der Waals surface area contributed by atoms with Crippen LogP contribution >= 0.6 is 0 Å². The van der Waals surface area contributed by atoms with E-state index < -0.39 is 10.0 Å². The van der Waals surface area contributed by atoms with E-state index in [1.165, 1.54) is 5.56 Å². The standard InChI is InChI=1S/C21H28N2O2S/c24-26(25,18-21-9-5-2-6-10-21)22-14-11-19-12-15-23(16-13-19)17-20-7-3-1-4-8-20/h1-10,19,22H,11-18H2. The number of nitrogens with zero attached hydrogens (tertiary/aromatic N) is 1. The van der Waals surface area contributed by atoms with Crippen molar-refractivity contribution in [2.45, 2.75) is 31.6 Å². The fourth-order valence-corrected chi connectivity index (χ4v) is 4.70. The first-order chi connectivity index (χ1) is 12.6. The summed E-state index contributed by atoms with van der Waals surface area (Å²) in [5.41, 5.74) is 2.19. The quantitative estimate of drug-likeness (QED) is 0.772. The molecule has 0 radical (unpaired) electrons. The smallest absolute Gasteiger partial charge is 0.215 e. The minimum atomic E-state index is -3.25. The van der Waals surface area contributed by atoms with E-state index in [2.05, 4.69) is 40.0 Å². The van der Waals surface area contributed by atoms with Crippen LogP contribution < -0.4 is 4.72 Å². The highest BCUT2D eigenvalue weighted by molar-refractivity contribution is 7.88. The van der Waals surface area contributed by atoms with Crippen LogP contribution in [0.25, 0.3) is 0 Å². The van der Waals surface area contributed by atoms with Crippen molar-refractivity contribution in [1.29, 1.82) is 0 Å². The van der Waals surface area contributed by atoms with Gasteiger partial charge in [-0.1, -0.05) is 60.7 Å². The van der Waals surface area contributed by atoms with Crippen LogP contribution in [0.2, 0.25) is 0 Å². The fourth-order valence-electron chi connectivity index (χ4n) is 3.54. The second-order valence-corrected chi connectivity index (χ2v) is 8.94. The summed E-state index contributed by atoms with van der Waals surface area (Å²) in [5, 5.41) is 0. The average molecular weight is 373 g/mol. The fraction of sp³-hybridized carbons (Fsp3) is 0.429. The number of likely N-dealkylation sites (tertiary alicyclic amines) is 1. The summed E-state index contributed by atoms with van der Waals surface area (Å²) in [5.74, 6) is 0.671. The normalized spacial score (nSPS) is 16.6. The third kappa shape index (κ3) is 6.24. The van der Waals surface area contributed by atoms with Crippen LogP contribution in [0.1, 0.15) is 30.4 Å². The molecule has 4 nitrogen and oxygen atoms in total. The molecule has 26 heavy (non-hydrogen) atoms. The van der Waals surface area contributed by atoms with Crippen molar-refractivity contribution in [2.24, 2.45) is 5.92 Å². The number of benzene rings is 2. The van der Waals surface area contributed by atoms with Gasteiger partial charge in [-0.15, -0.1) is 0 Å². The molecular weight excluding hydrogens is 344 g/mol. The van der Waals surface area contributed by atoms with Gasteiger partial charge in [0.1, 0.15) is 0 Å². The van der Waals surface area contributed by atoms with E-state index in [0.717, 1.165) is 44.5 Å². The Balaban J connectivity index is 1.36. The van der Waals surface area contributed by atoms with Crippen molar-refractivity contribution in [3.05, 3.63) is 71.8 Å². The van der Waals surface area contributed by atoms with Crippen LogP contribution in [-0.4, -0.2) is 33.0 Å². The maximum Gasteiger partial charge on any atom is 0.215 e. The molecule has 5 heteroatoms. The van der Waals surface area contributed by atoms with Crippen LogP contribution in [-0.2, 0) is 22.3 Å². The van der Waals surface area contributed by atoms with Crippen molar-refractivity contribution < 1.29 is 8.42 Å². The number of rotatable bonds is 8. The lowest BCUT2D eigenvalue weighted by molar-refractivity contribution is 0.173. The summed E-state index contributed by atoms with van der Waals surface area (Å²) in [6, 6.07) is 19.9. The molecule has 1 N–H and O–H groups in total. The first-order valence-corrected chi connectivity index (χ1v) is 11.0. The lowest BCUT2D eigenvalue weighted by Gasteiger charge is -2.32. The summed E-state index contributed by atoms with van der Waals surface area (Å²) in [6.07, 6.45) is 3.22. The summed E-state index contributed by atoms with van der Waals surface area (Å²) in [4.78, 5) is 2.49. The number of hydrogen-bond acceptors (Lipinski definition) is 3. The number of sulfonamides is 1. The van der Waals surface area contributed by atoms with Gasteiger partial charge in [-0.05, 0) is 49.4 Å². The highest BCUT2D eigenvalue weighted by Crippen LogP contribution is 2.21. The van der Waals surface area contributed by atoms with Crippen molar-refractivity contribution in [3.8, 4) is 0 Å². The summed E-state index contributed by atoms with van der Waals surface area (Å²) >= 11 is 0. The highest BCUT2D eigenvalue weighted by Gasteiger charge is 2.20. The van der Waals surface area contributed by atoms with Gasteiger partial charge in [0.2, 0.25) is 10.0 Å². The van der Waals surface area contributed by atoms with E-state index in [4.69, 9.17) is 0 Å². The van der Waals surface area contributed by atoms with Crippen LogP contribution in [0.5, 0.6) is 0 Å². The topological polar surface area (TPSA) is 49.4 Å². The Morgan fingerprint density at radius 1 is 0.885 bits per heavy atom. The van der Waals surface area contributed by atoms with E-state index in [1.807, 2.05) is 30.3 Å². The third-order valence-corrected chi connectivity index (χ3v) is 6.39. The molecule has 1 fully saturated rings. The monoisotopic (exact) mass is 372 g/mol. The van der Waals surface area contributed by atoms with Gasteiger partial charge in [0, 0.05) is 13.1 Å². The first kappa shape index (κ1) is 19.1. The minimum Gasteiger partial charge on any atom is -0.299 e. The summed E-state index contributed by atoms with van der Waals surface area (Å²) < 4.78 is 27.1. The van der Waals surface area contributed by atoms with E-state index in [9.17, 15) is 8.42 Å². The minimum absolute atomic E-state index is 0.0589. The maximum absolute atomic E-state index is 12.2. The molecule has 3 rings (SSSR count). The molecule has 0 aliphatic carbocycles. The number of nitrogens with one attached hydrogen (secondary N) is 1. The highest BCUT2D eigenvalue weighted by atomic mass is 32.2. The molecular formula is C21H28N2O2S.